The largest absolute Gasteiger partial charge is 0.379 e. The van der Waals surface area contributed by atoms with Crippen LogP contribution in [-0.2, 0) is 11.2 Å². The van der Waals surface area contributed by atoms with Crippen molar-refractivity contribution < 1.29 is 13.5 Å². The summed E-state index contributed by atoms with van der Waals surface area (Å²) in [5, 5.41) is 3.19. The molecule has 1 fully saturated rings. The Morgan fingerprint density at radius 3 is 2.61 bits per heavy atom. The number of rotatable bonds is 8. The van der Waals surface area contributed by atoms with Gasteiger partial charge < -0.3 is 15.0 Å². The van der Waals surface area contributed by atoms with Gasteiger partial charge in [0.1, 0.15) is 11.6 Å². The third kappa shape index (κ3) is 6.52. The molecule has 0 unspecified atom stereocenters. The van der Waals surface area contributed by atoms with Crippen molar-refractivity contribution in [2.75, 3.05) is 40.4 Å². The Balaban J connectivity index is 1.68. The summed E-state index contributed by atoms with van der Waals surface area (Å²) < 4.78 is 31.9. The van der Waals surface area contributed by atoms with Gasteiger partial charge in [-0.2, -0.15) is 0 Å². The summed E-state index contributed by atoms with van der Waals surface area (Å²) in [4.78, 5) is 6.19. The van der Waals surface area contributed by atoms with Gasteiger partial charge in [0, 0.05) is 39.9 Å². The molecule has 1 aromatic rings. The molecule has 2 rings (SSSR count). The molecule has 0 heterocycles. The molecule has 1 aromatic carbocycles. The predicted molar refractivity (Wildman–Crippen MR) is 87.6 cm³/mol. The molecule has 6 heteroatoms. The second-order valence-electron chi connectivity index (χ2n) is 5.94. The molecule has 0 radical (unpaired) electrons. The van der Waals surface area contributed by atoms with E-state index in [1.165, 1.54) is 25.0 Å². The number of aliphatic imine (C=N–C) groups is 1. The molecule has 0 saturated heterocycles. The van der Waals surface area contributed by atoms with Gasteiger partial charge in [-0.1, -0.05) is 0 Å². The minimum Gasteiger partial charge on any atom is -0.379 e. The van der Waals surface area contributed by atoms with E-state index in [1.54, 1.807) is 7.05 Å². The molecule has 0 atom stereocenters. The molecule has 0 spiro atoms. The van der Waals surface area contributed by atoms with Gasteiger partial charge in [0.05, 0.1) is 6.61 Å². The van der Waals surface area contributed by atoms with E-state index in [1.807, 2.05) is 11.9 Å². The summed E-state index contributed by atoms with van der Waals surface area (Å²) in [6.07, 6.45) is 3.11. The Bertz CT molecular complexity index is 512. The highest BCUT2D eigenvalue weighted by molar-refractivity contribution is 5.79. The lowest BCUT2D eigenvalue weighted by Gasteiger charge is -2.22. The van der Waals surface area contributed by atoms with Crippen molar-refractivity contribution in [1.29, 1.82) is 0 Å². The Hall–Kier alpha value is -1.69. The van der Waals surface area contributed by atoms with Crippen LogP contribution in [0.25, 0.3) is 0 Å². The van der Waals surface area contributed by atoms with Crippen LogP contribution in [0.15, 0.2) is 23.2 Å². The number of hydrogen-bond acceptors (Lipinski definition) is 2. The second-order valence-corrected chi connectivity index (χ2v) is 5.94. The maximum Gasteiger partial charge on any atom is 0.193 e. The zero-order valence-electron chi connectivity index (χ0n) is 13.8. The SMILES string of the molecule is CN=C(NCCc1cc(F)cc(F)c1)N(C)CCOCC1CC1. The fourth-order valence-corrected chi connectivity index (χ4v) is 2.30. The molecule has 0 amide bonds. The number of likely N-dealkylation sites (N-methyl/N-ethyl adjacent to an activating group) is 1. The molecule has 4 nitrogen and oxygen atoms in total. The van der Waals surface area contributed by atoms with Crippen molar-refractivity contribution >= 4 is 5.96 Å². The number of hydrogen-bond donors (Lipinski definition) is 1. The minimum absolute atomic E-state index is 0.528. The zero-order valence-corrected chi connectivity index (χ0v) is 13.8. The summed E-state index contributed by atoms with van der Waals surface area (Å²) in [6.45, 7) is 2.83. The Kier molecular flexibility index (Phi) is 6.77. The third-order valence-corrected chi connectivity index (χ3v) is 3.81. The molecule has 0 bridgehead atoms. The van der Waals surface area contributed by atoms with Crippen LogP contribution < -0.4 is 5.32 Å². The average molecular weight is 325 g/mol. The van der Waals surface area contributed by atoms with Gasteiger partial charge >= 0.3 is 0 Å². The van der Waals surface area contributed by atoms with Crippen LogP contribution >= 0.6 is 0 Å². The number of halogens is 2. The number of guanidine groups is 1. The highest BCUT2D eigenvalue weighted by atomic mass is 19.1. The Morgan fingerprint density at radius 1 is 1.30 bits per heavy atom. The standard InChI is InChI=1S/C17H25F2N3O/c1-20-17(22(2)7-8-23-12-13-3-4-13)21-6-5-14-9-15(18)11-16(19)10-14/h9-11,13H,3-8,12H2,1-2H3,(H,20,21). The number of benzene rings is 1. The molecule has 23 heavy (non-hydrogen) atoms. The molecule has 1 saturated carbocycles. The highest BCUT2D eigenvalue weighted by Gasteiger charge is 2.21. The molecule has 1 aliphatic carbocycles. The van der Waals surface area contributed by atoms with Crippen LogP contribution in [0.4, 0.5) is 8.78 Å². The number of nitrogens with one attached hydrogen (secondary N) is 1. The van der Waals surface area contributed by atoms with E-state index in [0.29, 0.717) is 25.1 Å². The fourth-order valence-electron chi connectivity index (χ4n) is 2.30. The summed E-state index contributed by atoms with van der Waals surface area (Å²) in [5.74, 6) is 0.421. The van der Waals surface area contributed by atoms with E-state index >= 15 is 0 Å². The summed E-state index contributed by atoms with van der Waals surface area (Å²) >= 11 is 0. The fraction of sp³-hybridized carbons (Fsp3) is 0.588. The summed E-state index contributed by atoms with van der Waals surface area (Å²) in [6, 6.07) is 3.58. The molecular weight excluding hydrogens is 300 g/mol. The number of nitrogens with zero attached hydrogens (tertiary/aromatic N) is 2. The molecular formula is C17H25F2N3O. The monoisotopic (exact) mass is 325 g/mol. The van der Waals surface area contributed by atoms with Crippen molar-refractivity contribution in [3.8, 4) is 0 Å². The van der Waals surface area contributed by atoms with Crippen molar-refractivity contribution in [2.45, 2.75) is 19.3 Å². The van der Waals surface area contributed by atoms with E-state index in [4.69, 9.17) is 4.74 Å². The van der Waals surface area contributed by atoms with Crippen LogP contribution in [0, 0.1) is 17.6 Å². The van der Waals surface area contributed by atoms with Gasteiger partial charge in [-0.15, -0.1) is 0 Å². The lowest BCUT2D eigenvalue weighted by Crippen LogP contribution is -2.41. The molecule has 0 aliphatic heterocycles. The normalized spacial score (nSPS) is 14.9. The van der Waals surface area contributed by atoms with Gasteiger partial charge in [0.2, 0.25) is 0 Å². The van der Waals surface area contributed by atoms with E-state index < -0.39 is 11.6 Å². The summed E-state index contributed by atoms with van der Waals surface area (Å²) in [7, 11) is 3.66. The quantitative estimate of drug-likeness (QED) is 0.453. The Labute approximate surface area is 136 Å². The first-order valence-corrected chi connectivity index (χ1v) is 8.03. The first-order chi connectivity index (χ1) is 11.1. The molecule has 0 aromatic heterocycles. The maximum atomic E-state index is 13.1. The smallest absolute Gasteiger partial charge is 0.193 e. The maximum absolute atomic E-state index is 13.1. The van der Waals surface area contributed by atoms with E-state index in [2.05, 4.69) is 10.3 Å². The van der Waals surface area contributed by atoms with Crippen LogP contribution in [0.2, 0.25) is 0 Å². The van der Waals surface area contributed by atoms with Crippen molar-refractivity contribution in [3.05, 3.63) is 35.4 Å². The second kappa shape index (κ2) is 8.82. The number of ether oxygens (including phenoxy) is 1. The highest BCUT2D eigenvalue weighted by Crippen LogP contribution is 2.28. The first kappa shape index (κ1) is 17.7. The Morgan fingerprint density at radius 2 is 2.00 bits per heavy atom. The molecule has 1 N–H and O–H groups in total. The molecule has 1 aliphatic rings. The zero-order chi connectivity index (χ0) is 16.7. The van der Waals surface area contributed by atoms with Gasteiger partial charge in [-0.25, -0.2) is 8.78 Å². The van der Waals surface area contributed by atoms with Crippen LogP contribution in [0.3, 0.4) is 0 Å². The van der Waals surface area contributed by atoms with Crippen molar-refractivity contribution in [3.63, 3.8) is 0 Å². The van der Waals surface area contributed by atoms with Gasteiger partial charge in [0.15, 0.2) is 5.96 Å². The van der Waals surface area contributed by atoms with Gasteiger partial charge in [-0.05, 0) is 42.9 Å². The van der Waals surface area contributed by atoms with Crippen molar-refractivity contribution in [1.82, 2.24) is 10.2 Å². The van der Waals surface area contributed by atoms with E-state index in [0.717, 1.165) is 31.1 Å². The van der Waals surface area contributed by atoms with Gasteiger partial charge in [-0.3, -0.25) is 4.99 Å². The van der Waals surface area contributed by atoms with Gasteiger partial charge in [0.25, 0.3) is 0 Å². The van der Waals surface area contributed by atoms with Crippen molar-refractivity contribution in [2.24, 2.45) is 10.9 Å². The summed E-state index contributed by atoms with van der Waals surface area (Å²) in [5.41, 5.74) is 0.626. The third-order valence-electron chi connectivity index (χ3n) is 3.81. The van der Waals surface area contributed by atoms with E-state index in [-0.39, 0.29) is 0 Å². The lowest BCUT2D eigenvalue weighted by molar-refractivity contribution is 0.115. The lowest BCUT2D eigenvalue weighted by atomic mass is 10.1. The predicted octanol–water partition coefficient (Wildman–Crippen LogP) is 2.44. The molecule has 128 valence electrons. The van der Waals surface area contributed by atoms with Crippen LogP contribution in [0.5, 0.6) is 0 Å². The average Bonchev–Trinajstić information content (AvgIpc) is 3.31. The van der Waals surface area contributed by atoms with Crippen LogP contribution in [0.1, 0.15) is 18.4 Å². The first-order valence-electron chi connectivity index (χ1n) is 8.03. The minimum atomic E-state index is -0.547. The van der Waals surface area contributed by atoms with E-state index in [9.17, 15) is 8.78 Å². The topological polar surface area (TPSA) is 36.9 Å². The van der Waals surface area contributed by atoms with Crippen LogP contribution in [-0.4, -0.2) is 51.3 Å².